The summed E-state index contributed by atoms with van der Waals surface area (Å²) in [6, 6.07) is 0. The predicted octanol–water partition coefficient (Wildman–Crippen LogP) is 1.27. The fraction of sp³-hybridized carbons (Fsp3) is 0.143. The topological polar surface area (TPSA) is 0 Å². The Hall–Kier alpha value is -0.715. The van der Waals surface area contributed by atoms with Crippen molar-refractivity contribution in [2.45, 2.75) is 6.92 Å². The smallest absolute Gasteiger partial charge is 0.0996 e. The van der Waals surface area contributed by atoms with Crippen LogP contribution in [0.5, 0.6) is 0 Å². The fourth-order valence-electron chi connectivity index (χ4n) is 0.316. The molecule has 0 aliphatic heterocycles. The quantitative estimate of drug-likeness (QED) is 0.367. The van der Waals surface area contributed by atoms with Crippen LogP contribution in [0.15, 0.2) is 36.4 Å². The molecule has 0 heterocycles. The van der Waals surface area contributed by atoms with Crippen LogP contribution < -0.4 is 0 Å². The summed E-state index contributed by atoms with van der Waals surface area (Å²) in [5.41, 5.74) is 1.20. The number of allylic oxidation sites excluding steroid dienone is 5. The maximum Gasteiger partial charge on any atom is 0.139 e. The summed E-state index contributed by atoms with van der Waals surface area (Å²) >= 11 is 0. The summed E-state index contributed by atoms with van der Waals surface area (Å²) < 4.78 is 0. The molecule has 0 aromatic heterocycles. The van der Waals surface area contributed by atoms with Crippen LogP contribution in [0.1, 0.15) is 6.92 Å². The van der Waals surface area contributed by atoms with Crippen molar-refractivity contribution in [2.75, 3.05) is 0 Å². The van der Waals surface area contributed by atoms with Gasteiger partial charge < -0.3 is 0 Å². The van der Waals surface area contributed by atoms with Crippen LogP contribution in [-0.4, -0.2) is 7.85 Å². The van der Waals surface area contributed by atoms with E-state index in [1.54, 1.807) is 0 Å². The van der Waals surface area contributed by atoms with E-state index < -0.39 is 0 Å². The first-order chi connectivity index (χ1) is 3.81. The summed E-state index contributed by atoms with van der Waals surface area (Å²) in [6.45, 7) is 5.60. The molecule has 0 spiro atoms. The van der Waals surface area contributed by atoms with Crippen LogP contribution in [-0.2, 0) is 0 Å². The van der Waals surface area contributed by atoms with Crippen molar-refractivity contribution in [3.8, 4) is 0 Å². The minimum absolute atomic E-state index is 1.20. The molecule has 0 aliphatic rings. The standard InChI is InChI=1S/C7H11B/c1-3-5-6-7(8)4-2/h3-6H,2,8H2,1H3/b5-3-,7-6+. The second kappa shape index (κ2) is 4.44. The monoisotopic (exact) mass is 106 g/mol. The Labute approximate surface area is 52.0 Å². The Bertz CT molecular complexity index is 120. The Morgan fingerprint density at radius 1 is 1.62 bits per heavy atom. The summed E-state index contributed by atoms with van der Waals surface area (Å²) in [4.78, 5) is 0. The second-order valence-electron chi connectivity index (χ2n) is 1.64. The number of rotatable bonds is 2. The van der Waals surface area contributed by atoms with Crippen molar-refractivity contribution in [3.63, 3.8) is 0 Å². The normalized spacial score (nSPS) is 12.4. The molecule has 0 nitrogen and oxygen atoms in total. The molecule has 0 bridgehead atoms. The molecule has 0 saturated heterocycles. The van der Waals surface area contributed by atoms with Gasteiger partial charge in [-0.1, -0.05) is 36.4 Å². The molecule has 1 heteroatoms. The lowest BCUT2D eigenvalue weighted by molar-refractivity contribution is 1.72. The van der Waals surface area contributed by atoms with Crippen molar-refractivity contribution in [1.82, 2.24) is 0 Å². The van der Waals surface area contributed by atoms with E-state index >= 15 is 0 Å². The molecule has 0 aliphatic carbocycles. The van der Waals surface area contributed by atoms with Crippen LogP contribution in [0.4, 0.5) is 0 Å². The molecule has 0 N–H and O–H groups in total. The summed E-state index contributed by atoms with van der Waals surface area (Å²) in [6.07, 6.45) is 7.84. The first-order valence-electron chi connectivity index (χ1n) is 2.73. The Kier molecular flexibility index (Phi) is 4.05. The van der Waals surface area contributed by atoms with Gasteiger partial charge in [-0.15, -0.1) is 0 Å². The highest BCUT2D eigenvalue weighted by molar-refractivity contribution is 6.23. The van der Waals surface area contributed by atoms with Gasteiger partial charge in [0, 0.05) is 0 Å². The number of hydrogen-bond acceptors (Lipinski definition) is 0. The lowest BCUT2D eigenvalue weighted by Crippen LogP contribution is -1.68. The summed E-state index contributed by atoms with van der Waals surface area (Å²) in [7, 11) is 2.02. The van der Waals surface area contributed by atoms with Gasteiger partial charge in [-0.3, -0.25) is 0 Å². The first kappa shape index (κ1) is 7.28. The van der Waals surface area contributed by atoms with Gasteiger partial charge in [-0.2, -0.15) is 0 Å². The van der Waals surface area contributed by atoms with Gasteiger partial charge in [0.1, 0.15) is 7.85 Å². The molecule has 0 aromatic rings. The summed E-state index contributed by atoms with van der Waals surface area (Å²) in [5.74, 6) is 0. The highest BCUT2D eigenvalue weighted by Crippen LogP contribution is 1.86. The number of hydrogen-bond donors (Lipinski definition) is 0. The summed E-state index contributed by atoms with van der Waals surface area (Å²) in [5, 5.41) is 0. The lowest BCUT2D eigenvalue weighted by Gasteiger charge is -1.81. The molecule has 8 heavy (non-hydrogen) atoms. The Morgan fingerprint density at radius 3 is 2.62 bits per heavy atom. The third-order valence-electron chi connectivity index (χ3n) is 0.874. The van der Waals surface area contributed by atoms with Crippen molar-refractivity contribution in [2.24, 2.45) is 0 Å². The van der Waals surface area contributed by atoms with Gasteiger partial charge in [-0.05, 0) is 6.92 Å². The van der Waals surface area contributed by atoms with Crippen molar-refractivity contribution in [3.05, 3.63) is 36.4 Å². The fourth-order valence-corrected chi connectivity index (χ4v) is 0.316. The molecule has 0 radical (unpaired) electrons. The maximum atomic E-state index is 3.61. The van der Waals surface area contributed by atoms with Gasteiger partial charge in [0.15, 0.2) is 0 Å². The van der Waals surface area contributed by atoms with E-state index in [0.29, 0.717) is 0 Å². The van der Waals surface area contributed by atoms with E-state index in [1.807, 2.05) is 39.1 Å². The molecule has 0 unspecified atom stereocenters. The van der Waals surface area contributed by atoms with E-state index in [2.05, 4.69) is 6.58 Å². The van der Waals surface area contributed by atoms with Crippen LogP contribution in [0, 0.1) is 0 Å². The molecular formula is C7H11B. The SMILES string of the molecule is B/C(C=C)=C/C=C\C. The average Bonchev–Trinajstić information content (AvgIpc) is 1.83. The molecule has 42 valence electrons. The van der Waals surface area contributed by atoms with Crippen LogP contribution in [0.3, 0.4) is 0 Å². The third kappa shape index (κ3) is 3.47. The van der Waals surface area contributed by atoms with Gasteiger partial charge in [0.05, 0.1) is 0 Å². The van der Waals surface area contributed by atoms with Gasteiger partial charge in [0.25, 0.3) is 0 Å². The van der Waals surface area contributed by atoms with E-state index in [4.69, 9.17) is 0 Å². The molecule has 0 amide bonds. The predicted molar refractivity (Wildman–Crippen MR) is 41.6 cm³/mol. The van der Waals surface area contributed by atoms with E-state index in [1.165, 1.54) is 5.47 Å². The first-order valence-corrected chi connectivity index (χ1v) is 2.73. The molecule has 0 fully saturated rings. The highest BCUT2D eigenvalue weighted by atomic mass is 13.7. The van der Waals surface area contributed by atoms with Crippen molar-refractivity contribution in [1.29, 1.82) is 0 Å². The Balaban J connectivity index is 3.74. The zero-order chi connectivity index (χ0) is 6.41. The molecule has 0 rings (SSSR count). The molecular weight excluding hydrogens is 94.9 g/mol. The zero-order valence-corrected chi connectivity index (χ0v) is 5.52. The van der Waals surface area contributed by atoms with Crippen molar-refractivity contribution < 1.29 is 0 Å². The van der Waals surface area contributed by atoms with Gasteiger partial charge >= 0.3 is 0 Å². The van der Waals surface area contributed by atoms with E-state index in [9.17, 15) is 0 Å². The van der Waals surface area contributed by atoms with Crippen molar-refractivity contribution >= 4 is 7.85 Å². The third-order valence-corrected chi connectivity index (χ3v) is 0.874. The molecule has 0 atom stereocenters. The van der Waals surface area contributed by atoms with E-state index in [-0.39, 0.29) is 0 Å². The average molecular weight is 106 g/mol. The maximum absolute atomic E-state index is 3.61. The lowest BCUT2D eigenvalue weighted by atomic mass is 9.96. The highest BCUT2D eigenvalue weighted by Gasteiger charge is 1.70. The Morgan fingerprint density at radius 2 is 2.25 bits per heavy atom. The molecule has 0 aromatic carbocycles. The minimum Gasteiger partial charge on any atom is -0.0996 e. The van der Waals surface area contributed by atoms with Crippen LogP contribution in [0.25, 0.3) is 0 Å². The second-order valence-corrected chi connectivity index (χ2v) is 1.64. The zero-order valence-electron chi connectivity index (χ0n) is 5.52. The molecule has 0 saturated carbocycles. The largest absolute Gasteiger partial charge is 0.139 e. The van der Waals surface area contributed by atoms with Crippen LogP contribution >= 0.6 is 0 Å². The van der Waals surface area contributed by atoms with Gasteiger partial charge in [-0.25, -0.2) is 0 Å². The van der Waals surface area contributed by atoms with E-state index in [0.717, 1.165) is 0 Å². The minimum atomic E-state index is 1.20. The van der Waals surface area contributed by atoms with Crippen LogP contribution in [0.2, 0.25) is 0 Å². The van der Waals surface area contributed by atoms with Gasteiger partial charge in [0.2, 0.25) is 0 Å².